The minimum atomic E-state index is 0.809. The van der Waals surface area contributed by atoms with E-state index in [0.29, 0.717) is 0 Å². The van der Waals surface area contributed by atoms with Gasteiger partial charge in [-0.2, -0.15) is 5.10 Å². The van der Waals surface area contributed by atoms with E-state index >= 15 is 0 Å². The number of rotatable bonds is 3. The van der Waals surface area contributed by atoms with Crippen molar-refractivity contribution < 1.29 is 0 Å². The summed E-state index contributed by atoms with van der Waals surface area (Å²) in [5.74, 6) is 1.03. The summed E-state index contributed by atoms with van der Waals surface area (Å²) in [6.45, 7) is 6.11. The maximum atomic E-state index is 4.95. The van der Waals surface area contributed by atoms with E-state index < -0.39 is 0 Å². The summed E-state index contributed by atoms with van der Waals surface area (Å²) in [7, 11) is 2.16. The van der Waals surface area contributed by atoms with Crippen LogP contribution in [0.1, 0.15) is 5.56 Å². The number of aryl methyl sites for hydroxylation is 1. The Labute approximate surface area is 185 Å². The second-order valence-electron chi connectivity index (χ2n) is 8.42. The van der Waals surface area contributed by atoms with Gasteiger partial charge in [-0.05, 0) is 49.9 Å². The van der Waals surface area contributed by atoms with Gasteiger partial charge in [-0.25, -0.2) is 9.97 Å². The van der Waals surface area contributed by atoms with Crippen LogP contribution >= 0.6 is 0 Å². The van der Waals surface area contributed by atoms with Gasteiger partial charge in [-0.15, -0.1) is 0 Å². The normalized spacial score (nSPS) is 15.1. The number of piperazine rings is 1. The van der Waals surface area contributed by atoms with Gasteiger partial charge in [0.15, 0.2) is 0 Å². The number of likely N-dealkylation sites (N-methyl/N-ethyl adjacent to an activating group) is 1. The standard InChI is InChI=1S/C24H24N8/c1-15-5-7-25-14-17(15)18-3-4-20-22(28-18)23(30-29-20)21-13-16-19(27-21)6-8-26-24(16)32-11-9-31(2)10-12-32/h3-8,13-14,27H,9-12H2,1-2H3,(H,29,30). The molecule has 6 heterocycles. The van der Waals surface area contributed by atoms with Crippen LogP contribution in [0.3, 0.4) is 0 Å². The van der Waals surface area contributed by atoms with Gasteiger partial charge >= 0.3 is 0 Å². The lowest BCUT2D eigenvalue weighted by Crippen LogP contribution is -2.44. The van der Waals surface area contributed by atoms with Crippen molar-refractivity contribution in [3.63, 3.8) is 0 Å². The molecule has 6 rings (SSSR count). The Bertz CT molecular complexity index is 1420. The second-order valence-corrected chi connectivity index (χ2v) is 8.42. The Hall–Kier alpha value is -3.78. The highest BCUT2D eigenvalue weighted by Crippen LogP contribution is 2.33. The lowest BCUT2D eigenvalue weighted by Gasteiger charge is -2.33. The van der Waals surface area contributed by atoms with Gasteiger partial charge in [-0.1, -0.05) is 0 Å². The van der Waals surface area contributed by atoms with Gasteiger partial charge in [-0.3, -0.25) is 10.1 Å². The molecule has 1 aliphatic heterocycles. The zero-order valence-corrected chi connectivity index (χ0v) is 18.1. The van der Waals surface area contributed by atoms with E-state index in [1.54, 1.807) is 6.20 Å². The molecule has 0 aliphatic carbocycles. The molecule has 8 nitrogen and oxygen atoms in total. The van der Waals surface area contributed by atoms with Crippen molar-refractivity contribution in [2.45, 2.75) is 6.92 Å². The van der Waals surface area contributed by atoms with Crippen molar-refractivity contribution in [3.05, 3.63) is 54.5 Å². The van der Waals surface area contributed by atoms with Gasteiger partial charge in [0.2, 0.25) is 0 Å². The highest BCUT2D eigenvalue weighted by molar-refractivity contribution is 5.98. The van der Waals surface area contributed by atoms with E-state index in [0.717, 1.165) is 82.1 Å². The zero-order chi connectivity index (χ0) is 21.7. The highest BCUT2D eigenvalue weighted by atomic mass is 15.3. The molecular formula is C24H24N8. The average molecular weight is 425 g/mol. The number of aromatic nitrogens is 6. The quantitative estimate of drug-likeness (QED) is 0.460. The van der Waals surface area contributed by atoms with Gasteiger partial charge < -0.3 is 14.8 Å². The molecule has 0 saturated carbocycles. The molecule has 1 saturated heterocycles. The predicted molar refractivity (Wildman–Crippen MR) is 127 cm³/mol. The maximum Gasteiger partial charge on any atom is 0.138 e. The molecule has 0 atom stereocenters. The summed E-state index contributed by atoms with van der Waals surface area (Å²) >= 11 is 0. The Morgan fingerprint density at radius 2 is 1.84 bits per heavy atom. The predicted octanol–water partition coefficient (Wildman–Crippen LogP) is 3.62. The van der Waals surface area contributed by atoms with Crippen molar-refractivity contribution >= 4 is 27.8 Å². The summed E-state index contributed by atoms with van der Waals surface area (Å²) in [4.78, 5) is 22.2. The van der Waals surface area contributed by atoms with Gasteiger partial charge in [0.1, 0.15) is 17.0 Å². The van der Waals surface area contributed by atoms with Crippen LogP contribution in [0, 0.1) is 6.92 Å². The van der Waals surface area contributed by atoms with Crippen molar-refractivity contribution in [1.29, 1.82) is 0 Å². The Balaban J connectivity index is 1.45. The number of pyridine rings is 3. The van der Waals surface area contributed by atoms with Crippen LogP contribution in [0.5, 0.6) is 0 Å². The van der Waals surface area contributed by atoms with Crippen molar-refractivity contribution in [3.8, 4) is 22.6 Å². The molecule has 0 radical (unpaired) electrons. The largest absolute Gasteiger partial charge is 0.353 e. The van der Waals surface area contributed by atoms with Gasteiger partial charge in [0.05, 0.1) is 22.4 Å². The van der Waals surface area contributed by atoms with Crippen molar-refractivity contribution in [2.75, 3.05) is 38.1 Å². The van der Waals surface area contributed by atoms with Crippen LogP contribution in [0.2, 0.25) is 0 Å². The molecule has 2 N–H and O–H groups in total. The Kier molecular flexibility index (Phi) is 4.39. The number of nitrogens with zero attached hydrogens (tertiary/aromatic N) is 6. The number of hydrogen-bond donors (Lipinski definition) is 2. The third-order valence-corrected chi connectivity index (χ3v) is 6.31. The zero-order valence-electron chi connectivity index (χ0n) is 18.1. The fourth-order valence-corrected chi connectivity index (χ4v) is 4.41. The fraction of sp³-hybridized carbons (Fsp3) is 0.250. The first-order chi connectivity index (χ1) is 15.7. The van der Waals surface area contributed by atoms with E-state index in [1.165, 1.54) is 0 Å². The van der Waals surface area contributed by atoms with E-state index in [2.05, 4.69) is 50.0 Å². The molecule has 32 heavy (non-hydrogen) atoms. The Morgan fingerprint density at radius 3 is 2.69 bits per heavy atom. The summed E-state index contributed by atoms with van der Waals surface area (Å²) in [5.41, 5.74) is 7.60. The number of H-pyrrole nitrogens is 2. The number of nitrogens with one attached hydrogen (secondary N) is 2. The topological polar surface area (TPSA) is 89.6 Å². The first kappa shape index (κ1) is 18.9. The van der Waals surface area contributed by atoms with Crippen LogP contribution in [0.4, 0.5) is 5.82 Å². The second kappa shape index (κ2) is 7.42. The minimum Gasteiger partial charge on any atom is -0.353 e. The average Bonchev–Trinajstić information content (AvgIpc) is 3.43. The van der Waals surface area contributed by atoms with Gasteiger partial charge in [0, 0.05) is 55.7 Å². The van der Waals surface area contributed by atoms with E-state index in [4.69, 9.17) is 9.97 Å². The first-order valence-electron chi connectivity index (χ1n) is 10.8. The molecule has 0 bridgehead atoms. The molecule has 0 spiro atoms. The monoisotopic (exact) mass is 424 g/mol. The maximum absolute atomic E-state index is 4.95. The Morgan fingerprint density at radius 1 is 0.969 bits per heavy atom. The molecule has 160 valence electrons. The summed E-state index contributed by atoms with van der Waals surface area (Å²) < 4.78 is 0. The highest BCUT2D eigenvalue weighted by Gasteiger charge is 2.20. The third kappa shape index (κ3) is 3.11. The summed E-state index contributed by atoms with van der Waals surface area (Å²) in [5, 5.41) is 8.84. The van der Waals surface area contributed by atoms with Crippen LogP contribution < -0.4 is 4.90 Å². The van der Waals surface area contributed by atoms with Crippen LogP contribution in [0.15, 0.2) is 48.9 Å². The van der Waals surface area contributed by atoms with E-state index in [9.17, 15) is 0 Å². The molecule has 0 unspecified atom stereocenters. The van der Waals surface area contributed by atoms with Crippen LogP contribution in [0.25, 0.3) is 44.6 Å². The SMILES string of the molecule is Cc1ccncc1-c1ccc2[nH]nc(-c3cc4c(N5CCN(C)CC5)nccc4[nH]3)c2n1. The lowest BCUT2D eigenvalue weighted by molar-refractivity contribution is 0.312. The number of anilines is 1. The van der Waals surface area contributed by atoms with Gasteiger partial charge in [0.25, 0.3) is 0 Å². The first-order valence-corrected chi connectivity index (χ1v) is 10.8. The molecular weight excluding hydrogens is 400 g/mol. The fourth-order valence-electron chi connectivity index (χ4n) is 4.41. The number of fused-ring (bicyclic) bond motifs is 2. The number of aromatic amines is 2. The smallest absolute Gasteiger partial charge is 0.138 e. The molecule has 0 aromatic carbocycles. The molecule has 5 aromatic rings. The third-order valence-electron chi connectivity index (χ3n) is 6.31. The molecule has 1 aliphatic rings. The van der Waals surface area contributed by atoms with Crippen molar-refractivity contribution in [2.24, 2.45) is 0 Å². The number of hydrogen-bond acceptors (Lipinski definition) is 6. The van der Waals surface area contributed by atoms with E-state index in [-0.39, 0.29) is 0 Å². The van der Waals surface area contributed by atoms with Crippen LogP contribution in [-0.4, -0.2) is 68.3 Å². The molecule has 5 aromatic heterocycles. The molecule has 0 amide bonds. The van der Waals surface area contributed by atoms with Crippen LogP contribution in [-0.2, 0) is 0 Å². The lowest BCUT2D eigenvalue weighted by atomic mass is 10.1. The van der Waals surface area contributed by atoms with E-state index in [1.807, 2.05) is 36.7 Å². The molecule has 8 heteroatoms. The summed E-state index contributed by atoms with van der Waals surface area (Å²) in [6.07, 6.45) is 5.54. The summed E-state index contributed by atoms with van der Waals surface area (Å²) in [6, 6.07) is 10.2. The minimum absolute atomic E-state index is 0.809. The van der Waals surface area contributed by atoms with Crippen molar-refractivity contribution in [1.82, 2.24) is 35.0 Å². The molecule has 1 fully saturated rings.